The summed E-state index contributed by atoms with van der Waals surface area (Å²) in [7, 11) is 1.58. The third kappa shape index (κ3) is 4.46. The lowest BCUT2D eigenvalue weighted by Crippen LogP contribution is -2.38. The van der Waals surface area contributed by atoms with Crippen LogP contribution in [0, 0.1) is 0 Å². The molecule has 164 valence electrons. The molecule has 0 fully saturated rings. The van der Waals surface area contributed by atoms with Gasteiger partial charge in [0.15, 0.2) is 0 Å². The molecule has 2 heterocycles. The van der Waals surface area contributed by atoms with Gasteiger partial charge >= 0.3 is 11.7 Å². The molecule has 2 aromatic carbocycles. The van der Waals surface area contributed by atoms with Crippen LogP contribution in [-0.4, -0.2) is 28.3 Å². The summed E-state index contributed by atoms with van der Waals surface area (Å²) < 4.78 is 13.3. The van der Waals surface area contributed by atoms with Crippen molar-refractivity contribution >= 4 is 39.1 Å². The molecular formula is C23H19ClN2O5S. The average molecular weight is 471 g/mol. The van der Waals surface area contributed by atoms with Crippen molar-refractivity contribution in [2.24, 2.45) is 7.05 Å². The first-order valence-corrected chi connectivity index (χ1v) is 11.0. The number of thiophene rings is 1. The zero-order valence-corrected chi connectivity index (χ0v) is 18.7. The molecule has 0 spiro atoms. The lowest BCUT2D eigenvalue weighted by Gasteiger charge is -2.08. The van der Waals surface area contributed by atoms with Crippen LogP contribution in [0.3, 0.4) is 0 Å². The maximum Gasteiger partial charge on any atom is 0.348 e. The molecule has 4 aromatic rings. The van der Waals surface area contributed by atoms with Crippen LogP contribution in [0.4, 0.5) is 0 Å². The predicted octanol–water partition coefficient (Wildman–Crippen LogP) is 3.70. The maximum atomic E-state index is 13.0. The Morgan fingerprint density at radius 3 is 2.50 bits per heavy atom. The van der Waals surface area contributed by atoms with Gasteiger partial charge in [0, 0.05) is 7.05 Å². The summed E-state index contributed by atoms with van der Waals surface area (Å²) in [4.78, 5) is 38.9. The molecule has 0 amide bonds. The van der Waals surface area contributed by atoms with Gasteiger partial charge in [-0.1, -0.05) is 54.1 Å². The van der Waals surface area contributed by atoms with E-state index in [9.17, 15) is 14.4 Å². The van der Waals surface area contributed by atoms with Crippen LogP contribution in [0.5, 0.6) is 5.75 Å². The number of benzene rings is 2. The van der Waals surface area contributed by atoms with E-state index in [2.05, 4.69) is 0 Å². The van der Waals surface area contributed by atoms with Gasteiger partial charge in [-0.15, -0.1) is 11.3 Å². The van der Waals surface area contributed by atoms with Gasteiger partial charge in [-0.25, -0.2) is 9.59 Å². The van der Waals surface area contributed by atoms with Gasteiger partial charge in [0.2, 0.25) is 0 Å². The number of fused-ring (bicyclic) bond motifs is 1. The Morgan fingerprint density at radius 1 is 1.03 bits per heavy atom. The van der Waals surface area contributed by atoms with Crippen molar-refractivity contribution in [1.29, 1.82) is 0 Å². The summed E-state index contributed by atoms with van der Waals surface area (Å²) in [6.45, 7) is 0.287. The Bertz CT molecular complexity index is 1390. The summed E-state index contributed by atoms with van der Waals surface area (Å²) in [5.41, 5.74) is -0.0509. The number of rotatable bonds is 7. The molecule has 0 aliphatic rings. The quantitative estimate of drug-likeness (QED) is 0.304. The van der Waals surface area contributed by atoms with Crippen LogP contribution in [0.25, 0.3) is 10.2 Å². The van der Waals surface area contributed by atoms with Crippen molar-refractivity contribution in [2.75, 3.05) is 13.2 Å². The van der Waals surface area contributed by atoms with E-state index < -0.39 is 17.2 Å². The number of ether oxygens (including phenoxy) is 2. The molecule has 2 aromatic heterocycles. The van der Waals surface area contributed by atoms with Crippen LogP contribution in [-0.2, 0) is 18.3 Å². The van der Waals surface area contributed by atoms with Crippen LogP contribution in [0.2, 0.25) is 5.02 Å². The SMILES string of the molecule is Cn1c(=O)n(Cc2ccccc2)c(=O)c2cc(C(=O)OCCOc3ccccc3Cl)sc21. The second-order valence-electron chi connectivity index (χ2n) is 6.96. The minimum Gasteiger partial charge on any atom is -0.488 e. The van der Waals surface area contributed by atoms with Gasteiger partial charge in [0.05, 0.1) is 17.0 Å². The molecule has 0 N–H and O–H groups in total. The van der Waals surface area contributed by atoms with Crippen molar-refractivity contribution in [1.82, 2.24) is 9.13 Å². The topological polar surface area (TPSA) is 79.5 Å². The number of aromatic nitrogens is 2. The van der Waals surface area contributed by atoms with E-state index in [1.54, 1.807) is 31.3 Å². The van der Waals surface area contributed by atoms with Gasteiger partial charge in [0.25, 0.3) is 5.56 Å². The highest BCUT2D eigenvalue weighted by Crippen LogP contribution is 2.24. The molecule has 0 bridgehead atoms. The van der Waals surface area contributed by atoms with E-state index in [-0.39, 0.29) is 24.6 Å². The molecule has 0 saturated heterocycles. The minimum absolute atomic E-state index is 0.00940. The first-order valence-electron chi connectivity index (χ1n) is 9.77. The molecule has 0 unspecified atom stereocenters. The second kappa shape index (κ2) is 9.42. The van der Waals surface area contributed by atoms with E-state index in [1.165, 1.54) is 10.6 Å². The molecule has 9 heteroatoms. The molecule has 0 saturated carbocycles. The second-order valence-corrected chi connectivity index (χ2v) is 8.40. The smallest absolute Gasteiger partial charge is 0.348 e. The molecule has 0 atom stereocenters. The first-order chi connectivity index (χ1) is 15.5. The number of carbonyl (C=O) groups is 1. The van der Waals surface area contributed by atoms with Crippen molar-refractivity contribution in [3.8, 4) is 5.75 Å². The molecule has 4 rings (SSSR count). The Morgan fingerprint density at radius 2 is 1.75 bits per heavy atom. The summed E-state index contributed by atoms with van der Waals surface area (Å²) in [5, 5.41) is 0.767. The monoisotopic (exact) mass is 470 g/mol. The number of hydrogen-bond donors (Lipinski definition) is 0. The van der Waals surface area contributed by atoms with E-state index in [1.807, 2.05) is 30.3 Å². The van der Waals surface area contributed by atoms with Gasteiger partial charge in [-0.05, 0) is 23.8 Å². The van der Waals surface area contributed by atoms with Crippen LogP contribution in [0.15, 0.2) is 70.3 Å². The third-order valence-corrected chi connectivity index (χ3v) is 6.31. The fraction of sp³-hybridized carbons (Fsp3) is 0.174. The van der Waals surface area contributed by atoms with Crippen molar-refractivity contribution in [2.45, 2.75) is 6.54 Å². The number of carbonyl (C=O) groups excluding carboxylic acids is 1. The van der Waals surface area contributed by atoms with E-state index in [0.29, 0.717) is 21.0 Å². The van der Waals surface area contributed by atoms with Gasteiger partial charge < -0.3 is 9.47 Å². The van der Waals surface area contributed by atoms with Crippen LogP contribution in [0.1, 0.15) is 15.2 Å². The van der Waals surface area contributed by atoms with Crippen molar-refractivity contribution < 1.29 is 14.3 Å². The highest BCUT2D eigenvalue weighted by Gasteiger charge is 2.19. The maximum absolute atomic E-state index is 13.0. The predicted molar refractivity (Wildman–Crippen MR) is 124 cm³/mol. The lowest BCUT2D eigenvalue weighted by molar-refractivity contribution is 0.0456. The zero-order valence-electron chi connectivity index (χ0n) is 17.1. The first kappa shape index (κ1) is 21.9. The third-order valence-electron chi connectivity index (χ3n) is 4.81. The Hall–Kier alpha value is -3.36. The van der Waals surface area contributed by atoms with E-state index in [0.717, 1.165) is 21.5 Å². The number of aryl methyl sites for hydroxylation is 1. The highest BCUT2D eigenvalue weighted by atomic mass is 35.5. The van der Waals surface area contributed by atoms with Crippen LogP contribution < -0.4 is 16.0 Å². The minimum atomic E-state index is -0.588. The van der Waals surface area contributed by atoms with Gasteiger partial charge in [-0.3, -0.25) is 13.9 Å². The largest absolute Gasteiger partial charge is 0.488 e. The highest BCUT2D eigenvalue weighted by molar-refractivity contribution is 7.20. The molecular weight excluding hydrogens is 452 g/mol. The van der Waals surface area contributed by atoms with E-state index in [4.69, 9.17) is 21.1 Å². The van der Waals surface area contributed by atoms with Gasteiger partial charge in [-0.2, -0.15) is 0 Å². The zero-order chi connectivity index (χ0) is 22.7. The molecule has 0 radical (unpaired) electrons. The normalized spacial score (nSPS) is 10.9. The molecule has 32 heavy (non-hydrogen) atoms. The Balaban J connectivity index is 1.51. The Kier molecular flexibility index (Phi) is 6.43. The molecule has 0 aliphatic heterocycles. The number of nitrogens with zero attached hydrogens (tertiary/aromatic N) is 2. The molecule has 0 aliphatic carbocycles. The number of halogens is 1. The fourth-order valence-electron chi connectivity index (χ4n) is 3.21. The Labute approximate surface area is 192 Å². The standard InChI is InChI=1S/C23H19ClN2O5S/c1-25-21-16(20(27)26(23(25)29)14-15-7-3-2-4-8-15)13-19(32-21)22(28)31-12-11-30-18-10-6-5-9-17(18)24/h2-10,13H,11-12,14H2,1H3. The number of hydrogen-bond acceptors (Lipinski definition) is 6. The van der Waals surface area contributed by atoms with Crippen molar-refractivity contribution in [3.05, 3.63) is 97.0 Å². The van der Waals surface area contributed by atoms with E-state index >= 15 is 0 Å². The molecule has 7 nitrogen and oxygen atoms in total. The van der Waals surface area contributed by atoms with Crippen LogP contribution >= 0.6 is 22.9 Å². The summed E-state index contributed by atoms with van der Waals surface area (Å²) in [6.07, 6.45) is 0. The summed E-state index contributed by atoms with van der Waals surface area (Å²) in [6, 6.07) is 17.7. The average Bonchev–Trinajstić information content (AvgIpc) is 3.26. The van der Waals surface area contributed by atoms with Crippen molar-refractivity contribution in [3.63, 3.8) is 0 Å². The lowest BCUT2D eigenvalue weighted by atomic mass is 10.2. The number of esters is 1. The van der Waals surface area contributed by atoms with Gasteiger partial charge in [0.1, 0.15) is 28.7 Å². The summed E-state index contributed by atoms with van der Waals surface area (Å²) in [5.74, 6) is -0.0866. The summed E-state index contributed by atoms with van der Waals surface area (Å²) >= 11 is 7.07. The number of para-hydroxylation sites is 1. The fourth-order valence-corrected chi connectivity index (χ4v) is 4.40.